The molecule has 0 bridgehead atoms. The molecule has 1 amide bonds. The van der Waals surface area contributed by atoms with Gasteiger partial charge in [0.15, 0.2) is 0 Å². The highest BCUT2D eigenvalue weighted by Crippen LogP contribution is 2.17. The number of piperazine rings is 1. The summed E-state index contributed by atoms with van der Waals surface area (Å²) in [6.07, 6.45) is 0. The van der Waals surface area contributed by atoms with Gasteiger partial charge in [0.25, 0.3) is 5.56 Å². The number of fused-ring (bicyclic) bond motifs is 1. The maximum Gasteiger partial charge on any atom is 0.272 e. The lowest BCUT2D eigenvalue weighted by Crippen LogP contribution is -2.49. The van der Waals surface area contributed by atoms with E-state index in [1.54, 1.807) is 11.5 Å². The fourth-order valence-corrected chi connectivity index (χ4v) is 3.33. The van der Waals surface area contributed by atoms with Gasteiger partial charge < -0.3 is 9.80 Å². The topological polar surface area (TPSA) is 58.4 Å². The van der Waals surface area contributed by atoms with Crippen molar-refractivity contribution in [1.82, 2.24) is 19.4 Å². The average molecular weight is 342 g/mol. The SMILES string of the molecule is CCN1CCN(C(=O)Cn2c(=O)c(C)nc3cc(C)c(C)cc32)CC1. The highest BCUT2D eigenvalue weighted by molar-refractivity contribution is 5.81. The molecule has 25 heavy (non-hydrogen) atoms. The van der Waals surface area contributed by atoms with Gasteiger partial charge in [-0.2, -0.15) is 0 Å². The lowest BCUT2D eigenvalue weighted by Gasteiger charge is -2.34. The molecule has 1 aromatic heterocycles. The molecule has 1 aliphatic heterocycles. The summed E-state index contributed by atoms with van der Waals surface area (Å²) in [6, 6.07) is 3.94. The first-order valence-electron chi connectivity index (χ1n) is 8.89. The third kappa shape index (κ3) is 3.44. The van der Waals surface area contributed by atoms with Gasteiger partial charge in [-0.3, -0.25) is 14.2 Å². The van der Waals surface area contributed by atoms with Crippen LogP contribution in [-0.2, 0) is 11.3 Å². The number of benzene rings is 1. The van der Waals surface area contributed by atoms with E-state index in [0.717, 1.165) is 54.9 Å². The lowest BCUT2D eigenvalue weighted by molar-refractivity contribution is -0.133. The molecule has 0 N–H and O–H groups in total. The third-order valence-electron chi connectivity index (χ3n) is 5.19. The Morgan fingerprint density at radius 2 is 1.72 bits per heavy atom. The van der Waals surface area contributed by atoms with Gasteiger partial charge in [0.1, 0.15) is 12.2 Å². The molecular formula is C19H26N4O2. The second kappa shape index (κ2) is 6.96. The van der Waals surface area contributed by atoms with Gasteiger partial charge in [0.2, 0.25) is 5.91 Å². The Morgan fingerprint density at radius 1 is 1.08 bits per heavy atom. The van der Waals surface area contributed by atoms with E-state index in [4.69, 9.17) is 0 Å². The third-order valence-corrected chi connectivity index (χ3v) is 5.19. The minimum atomic E-state index is -0.184. The molecule has 3 rings (SSSR count). The zero-order valence-corrected chi connectivity index (χ0v) is 15.5. The summed E-state index contributed by atoms with van der Waals surface area (Å²) in [5.74, 6) is 0.00276. The summed E-state index contributed by atoms with van der Waals surface area (Å²) in [4.78, 5) is 34.0. The Morgan fingerprint density at radius 3 is 2.36 bits per heavy atom. The predicted octanol–water partition coefficient (Wildman–Crippen LogP) is 1.49. The summed E-state index contributed by atoms with van der Waals surface area (Å²) in [6.45, 7) is 12.2. The molecule has 0 atom stereocenters. The molecule has 0 spiro atoms. The smallest absolute Gasteiger partial charge is 0.272 e. The zero-order valence-electron chi connectivity index (χ0n) is 15.5. The predicted molar refractivity (Wildman–Crippen MR) is 98.9 cm³/mol. The van der Waals surface area contributed by atoms with Crippen LogP contribution in [0.25, 0.3) is 11.0 Å². The summed E-state index contributed by atoms with van der Waals surface area (Å²) in [7, 11) is 0. The molecule has 6 heteroatoms. The van der Waals surface area contributed by atoms with Crippen molar-refractivity contribution in [2.75, 3.05) is 32.7 Å². The number of likely N-dealkylation sites (N-methyl/N-ethyl adjacent to an activating group) is 1. The monoisotopic (exact) mass is 342 g/mol. The van der Waals surface area contributed by atoms with E-state index < -0.39 is 0 Å². The number of hydrogen-bond acceptors (Lipinski definition) is 4. The Balaban J connectivity index is 1.93. The minimum Gasteiger partial charge on any atom is -0.339 e. The van der Waals surface area contributed by atoms with Gasteiger partial charge in [-0.1, -0.05) is 6.92 Å². The maximum atomic E-state index is 12.7. The Labute approximate surface area is 148 Å². The number of nitrogens with zero attached hydrogens (tertiary/aromatic N) is 4. The quantitative estimate of drug-likeness (QED) is 0.848. The molecule has 2 heterocycles. The molecule has 0 radical (unpaired) electrons. The normalized spacial score (nSPS) is 15.8. The molecular weight excluding hydrogens is 316 g/mol. The van der Waals surface area contributed by atoms with Crippen molar-refractivity contribution in [3.8, 4) is 0 Å². The number of aromatic nitrogens is 2. The van der Waals surface area contributed by atoms with Crippen molar-refractivity contribution >= 4 is 16.9 Å². The van der Waals surface area contributed by atoms with Crippen LogP contribution in [0.5, 0.6) is 0 Å². The fourth-order valence-electron chi connectivity index (χ4n) is 3.33. The van der Waals surface area contributed by atoms with E-state index in [-0.39, 0.29) is 18.0 Å². The number of hydrogen-bond donors (Lipinski definition) is 0. The summed E-state index contributed by atoms with van der Waals surface area (Å²) in [5, 5.41) is 0. The Bertz CT molecular complexity index is 864. The van der Waals surface area contributed by atoms with Crippen molar-refractivity contribution in [2.45, 2.75) is 34.2 Å². The van der Waals surface area contributed by atoms with Crippen LogP contribution in [0.2, 0.25) is 0 Å². The van der Waals surface area contributed by atoms with E-state index in [1.807, 2.05) is 30.9 Å². The highest BCUT2D eigenvalue weighted by Gasteiger charge is 2.21. The lowest BCUT2D eigenvalue weighted by atomic mass is 10.1. The first-order chi connectivity index (χ1) is 11.9. The van der Waals surface area contributed by atoms with Gasteiger partial charge in [0, 0.05) is 26.2 Å². The maximum absolute atomic E-state index is 12.7. The first-order valence-corrected chi connectivity index (χ1v) is 8.89. The van der Waals surface area contributed by atoms with E-state index in [0.29, 0.717) is 5.69 Å². The number of amides is 1. The van der Waals surface area contributed by atoms with Crippen LogP contribution in [0.15, 0.2) is 16.9 Å². The van der Waals surface area contributed by atoms with E-state index in [9.17, 15) is 9.59 Å². The molecule has 0 saturated carbocycles. The second-order valence-corrected chi connectivity index (χ2v) is 6.83. The van der Waals surface area contributed by atoms with Crippen LogP contribution in [0.1, 0.15) is 23.7 Å². The molecule has 6 nitrogen and oxygen atoms in total. The fraction of sp³-hybridized carbons (Fsp3) is 0.526. The van der Waals surface area contributed by atoms with Crippen molar-refractivity contribution in [3.05, 3.63) is 39.3 Å². The van der Waals surface area contributed by atoms with E-state index >= 15 is 0 Å². The van der Waals surface area contributed by atoms with E-state index in [2.05, 4.69) is 16.8 Å². The zero-order chi connectivity index (χ0) is 18.1. The van der Waals surface area contributed by atoms with Crippen LogP contribution in [-0.4, -0.2) is 58.0 Å². The number of carbonyl (C=O) groups is 1. The molecule has 1 fully saturated rings. The van der Waals surface area contributed by atoms with Crippen molar-refractivity contribution in [1.29, 1.82) is 0 Å². The first kappa shape index (κ1) is 17.6. The summed E-state index contributed by atoms with van der Waals surface area (Å²) >= 11 is 0. The Kier molecular flexibility index (Phi) is 4.90. The highest BCUT2D eigenvalue weighted by atomic mass is 16.2. The van der Waals surface area contributed by atoms with Crippen LogP contribution < -0.4 is 5.56 Å². The van der Waals surface area contributed by atoms with Gasteiger partial charge in [-0.25, -0.2) is 4.98 Å². The van der Waals surface area contributed by atoms with Crippen LogP contribution in [0.3, 0.4) is 0 Å². The van der Waals surface area contributed by atoms with Crippen LogP contribution in [0.4, 0.5) is 0 Å². The molecule has 1 saturated heterocycles. The van der Waals surface area contributed by atoms with Crippen molar-refractivity contribution in [3.63, 3.8) is 0 Å². The number of rotatable bonds is 3. The largest absolute Gasteiger partial charge is 0.339 e. The molecule has 134 valence electrons. The number of aryl methyl sites for hydroxylation is 3. The van der Waals surface area contributed by atoms with E-state index in [1.165, 1.54) is 0 Å². The van der Waals surface area contributed by atoms with Gasteiger partial charge in [0.05, 0.1) is 11.0 Å². The van der Waals surface area contributed by atoms with Crippen molar-refractivity contribution in [2.24, 2.45) is 0 Å². The summed E-state index contributed by atoms with van der Waals surface area (Å²) < 4.78 is 1.58. The van der Waals surface area contributed by atoms with Gasteiger partial charge in [-0.15, -0.1) is 0 Å². The number of carbonyl (C=O) groups excluding carboxylic acids is 1. The van der Waals surface area contributed by atoms with Gasteiger partial charge >= 0.3 is 0 Å². The van der Waals surface area contributed by atoms with Crippen LogP contribution >= 0.6 is 0 Å². The van der Waals surface area contributed by atoms with Crippen molar-refractivity contribution < 1.29 is 4.79 Å². The molecule has 1 aromatic carbocycles. The average Bonchev–Trinajstić information content (AvgIpc) is 2.61. The summed E-state index contributed by atoms with van der Waals surface area (Å²) in [5.41, 5.74) is 3.97. The molecule has 0 aliphatic carbocycles. The second-order valence-electron chi connectivity index (χ2n) is 6.83. The molecule has 2 aromatic rings. The Hall–Kier alpha value is -2.21. The van der Waals surface area contributed by atoms with Crippen LogP contribution in [0, 0.1) is 20.8 Å². The molecule has 0 unspecified atom stereocenters. The molecule has 1 aliphatic rings. The standard InChI is InChI=1S/C19H26N4O2/c1-5-21-6-8-22(9-7-21)18(24)12-23-17-11-14(3)13(2)10-16(17)20-15(4)19(23)25/h10-11H,5-9,12H2,1-4H3. The minimum absolute atomic E-state index is 0.00276. The van der Waals surface area contributed by atoms with Gasteiger partial charge in [-0.05, 0) is 50.6 Å².